The number of rotatable bonds is 3. The van der Waals surface area contributed by atoms with E-state index in [0.29, 0.717) is 0 Å². The van der Waals surface area contributed by atoms with Crippen molar-refractivity contribution < 1.29 is 0 Å². The molecule has 24 heavy (non-hydrogen) atoms. The SMILES string of the molecule is CC(C)C(C)n1c(=O)c2cc3c(=O)n(C(C)C)c(=O)c3cc2c1=O. The molecule has 1 aromatic carbocycles. The number of aromatic nitrogens is 2. The molecule has 0 bridgehead atoms. The van der Waals surface area contributed by atoms with Crippen LogP contribution in [0.5, 0.6) is 0 Å². The minimum atomic E-state index is -0.414. The Morgan fingerprint density at radius 3 is 1.25 bits per heavy atom. The maximum atomic E-state index is 12.7. The highest BCUT2D eigenvalue weighted by Crippen LogP contribution is 2.19. The molecule has 2 heterocycles. The van der Waals surface area contributed by atoms with Crippen LogP contribution in [0.1, 0.15) is 46.7 Å². The highest BCUT2D eigenvalue weighted by atomic mass is 16.2. The summed E-state index contributed by atoms with van der Waals surface area (Å²) in [7, 11) is 0. The lowest BCUT2D eigenvalue weighted by Crippen LogP contribution is -2.31. The fraction of sp³-hybridized carbons (Fsp3) is 0.444. The molecule has 1 atom stereocenters. The van der Waals surface area contributed by atoms with Gasteiger partial charge in [0, 0.05) is 12.1 Å². The van der Waals surface area contributed by atoms with E-state index in [4.69, 9.17) is 0 Å². The van der Waals surface area contributed by atoms with Crippen LogP contribution in [0.15, 0.2) is 31.3 Å². The van der Waals surface area contributed by atoms with E-state index in [0.717, 1.165) is 4.57 Å². The first kappa shape index (κ1) is 16.4. The maximum absolute atomic E-state index is 12.7. The molecule has 0 aliphatic heterocycles. The third-order valence-corrected chi connectivity index (χ3v) is 4.84. The molecule has 3 rings (SSSR count). The molecule has 0 saturated heterocycles. The fourth-order valence-corrected chi connectivity index (χ4v) is 3.15. The van der Waals surface area contributed by atoms with Crippen LogP contribution in [0, 0.1) is 5.92 Å². The predicted molar refractivity (Wildman–Crippen MR) is 94.8 cm³/mol. The lowest BCUT2D eigenvalue weighted by atomic mass is 10.1. The van der Waals surface area contributed by atoms with Gasteiger partial charge in [0.1, 0.15) is 0 Å². The molecule has 0 amide bonds. The minimum absolute atomic E-state index is 0.110. The van der Waals surface area contributed by atoms with Crippen LogP contribution in [0.25, 0.3) is 21.5 Å². The predicted octanol–water partition coefficient (Wildman–Crippen LogP) is 1.71. The summed E-state index contributed by atoms with van der Waals surface area (Å²) in [6.45, 7) is 9.18. The molecular weight excluding hydrogens is 308 g/mol. The summed E-state index contributed by atoms with van der Waals surface area (Å²) < 4.78 is 2.38. The molecule has 2 aromatic heterocycles. The number of nitrogens with zero attached hydrogens (tertiary/aromatic N) is 2. The molecule has 1 unspecified atom stereocenters. The normalized spacial score (nSPS) is 13.6. The standard InChI is InChI=1S/C18H20N2O4/c1-8(2)10(5)20-17(23)13-6-11-12(7-14(13)18(20)24)16(22)19(9(3)4)15(11)21/h6-10H,1-5H3. The van der Waals surface area contributed by atoms with Gasteiger partial charge in [-0.05, 0) is 38.8 Å². The largest absolute Gasteiger partial charge is 0.272 e. The molecule has 0 radical (unpaired) electrons. The number of hydrogen-bond acceptors (Lipinski definition) is 4. The van der Waals surface area contributed by atoms with Gasteiger partial charge in [0.05, 0.1) is 21.5 Å². The molecule has 6 heteroatoms. The maximum Gasteiger partial charge on any atom is 0.261 e. The fourth-order valence-electron chi connectivity index (χ4n) is 3.15. The van der Waals surface area contributed by atoms with Crippen molar-refractivity contribution in [1.29, 1.82) is 0 Å². The molecule has 0 spiro atoms. The lowest BCUT2D eigenvalue weighted by Gasteiger charge is -2.15. The summed E-state index contributed by atoms with van der Waals surface area (Å²) in [6, 6.07) is 2.27. The molecular formula is C18H20N2O4. The van der Waals surface area contributed by atoms with E-state index < -0.39 is 22.2 Å². The second kappa shape index (κ2) is 5.26. The number of benzene rings is 1. The highest BCUT2D eigenvalue weighted by molar-refractivity contribution is 5.97. The number of hydrogen-bond donors (Lipinski definition) is 0. The topological polar surface area (TPSA) is 78.1 Å². The quantitative estimate of drug-likeness (QED) is 0.733. The smallest absolute Gasteiger partial charge is 0.261 e. The van der Waals surface area contributed by atoms with Crippen LogP contribution in [-0.4, -0.2) is 9.13 Å². The minimum Gasteiger partial charge on any atom is -0.272 e. The third kappa shape index (κ3) is 2.02. The first-order valence-corrected chi connectivity index (χ1v) is 8.10. The molecule has 3 aromatic rings. The molecule has 0 aliphatic carbocycles. The Kier molecular flexibility index (Phi) is 3.59. The van der Waals surface area contributed by atoms with Gasteiger partial charge < -0.3 is 0 Å². The summed E-state index contributed by atoms with van der Waals surface area (Å²) in [6.07, 6.45) is 0. The van der Waals surface area contributed by atoms with Gasteiger partial charge in [0.2, 0.25) is 0 Å². The Hall–Kier alpha value is -2.50. The van der Waals surface area contributed by atoms with E-state index in [1.807, 2.05) is 20.8 Å². The van der Waals surface area contributed by atoms with Gasteiger partial charge >= 0.3 is 0 Å². The van der Waals surface area contributed by atoms with Crippen LogP contribution >= 0.6 is 0 Å². The highest BCUT2D eigenvalue weighted by Gasteiger charge is 2.23. The summed E-state index contributed by atoms with van der Waals surface area (Å²) in [4.78, 5) is 50.2. The first-order valence-electron chi connectivity index (χ1n) is 8.10. The second-order valence-electron chi connectivity index (χ2n) is 6.98. The summed E-state index contributed by atoms with van der Waals surface area (Å²) in [5, 5.41) is 0.816. The van der Waals surface area contributed by atoms with Crippen LogP contribution < -0.4 is 22.2 Å². The van der Waals surface area contributed by atoms with Gasteiger partial charge in [0.15, 0.2) is 0 Å². The number of fused-ring (bicyclic) bond motifs is 2. The van der Waals surface area contributed by atoms with Crippen LogP contribution in [-0.2, 0) is 0 Å². The zero-order chi connectivity index (χ0) is 17.9. The van der Waals surface area contributed by atoms with Crippen molar-refractivity contribution in [2.24, 2.45) is 5.92 Å². The van der Waals surface area contributed by atoms with E-state index in [-0.39, 0.29) is 39.5 Å². The molecule has 6 nitrogen and oxygen atoms in total. The van der Waals surface area contributed by atoms with Crippen molar-refractivity contribution in [3.8, 4) is 0 Å². The average molecular weight is 328 g/mol. The van der Waals surface area contributed by atoms with Crippen molar-refractivity contribution in [2.45, 2.75) is 46.7 Å². The van der Waals surface area contributed by atoms with Crippen molar-refractivity contribution in [3.63, 3.8) is 0 Å². The van der Waals surface area contributed by atoms with Gasteiger partial charge in [0.25, 0.3) is 22.2 Å². The Bertz CT molecular complexity index is 1080. The van der Waals surface area contributed by atoms with Gasteiger partial charge in [-0.3, -0.25) is 28.3 Å². The first-order chi connectivity index (χ1) is 11.2. The molecule has 0 N–H and O–H groups in total. The van der Waals surface area contributed by atoms with Crippen LogP contribution in [0.3, 0.4) is 0 Å². The zero-order valence-corrected chi connectivity index (χ0v) is 14.4. The van der Waals surface area contributed by atoms with E-state index in [2.05, 4.69) is 0 Å². The molecule has 126 valence electrons. The van der Waals surface area contributed by atoms with Crippen molar-refractivity contribution in [2.75, 3.05) is 0 Å². The monoisotopic (exact) mass is 328 g/mol. The summed E-state index contributed by atoms with van der Waals surface area (Å²) >= 11 is 0. The van der Waals surface area contributed by atoms with Crippen molar-refractivity contribution >= 4 is 21.5 Å². The zero-order valence-electron chi connectivity index (χ0n) is 14.4. The Balaban J connectivity index is 2.49. The molecule has 0 aliphatic rings. The van der Waals surface area contributed by atoms with Gasteiger partial charge in [-0.25, -0.2) is 0 Å². The van der Waals surface area contributed by atoms with Gasteiger partial charge in [-0.2, -0.15) is 0 Å². The van der Waals surface area contributed by atoms with Crippen molar-refractivity contribution in [1.82, 2.24) is 9.13 Å². The van der Waals surface area contributed by atoms with E-state index in [9.17, 15) is 19.2 Å². The third-order valence-electron chi connectivity index (χ3n) is 4.84. The summed E-state index contributed by atoms with van der Waals surface area (Å²) in [5.74, 6) is 0.110. The lowest BCUT2D eigenvalue weighted by molar-refractivity contribution is 0.395. The van der Waals surface area contributed by atoms with E-state index in [1.54, 1.807) is 13.8 Å². The second-order valence-corrected chi connectivity index (χ2v) is 6.98. The molecule has 0 fully saturated rings. The van der Waals surface area contributed by atoms with Crippen molar-refractivity contribution in [3.05, 3.63) is 53.5 Å². The average Bonchev–Trinajstić information content (AvgIpc) is 2.90. The Morgan fingerprint density at radius 2 is 0.958 bits per heavy atom. The van der Waals surface area contributed by atoms with Crippen LogP contribution in [0.4, 0.5) is 0 Å². The Morgan fingerprint density at radius 1 is 0.625 bits per heavy atom. The van der Waals surface area contributed by atoms with Gasteiger partial charge in [-0.1, -0.05) is 13.8 Å². The Labute approximate surface area is 137 Å². The van der Waals surface area contributed by atoms with E-state index in [1.165, 1.54) is 16.7 Å². The van der Waals surface area contributed by atoms with Crippen LogP contribution in [0.2, 0.25) is 0 Å². The molecule has 0 saturated carbocycles. The van der Waals surface area contributed by atoms with Gasteiger partial charge in [-0.15, -0.1) is 0 Å². The summed E-state index contributed by atoms with van der Waals surface area (Å²) in [5.41, 5.74) is -1.63. The van der Waals surface area contributed by atoms with E-state index >= 15 is 0 Å².